The largest absolute Gasteiger partial charge is 0.497 e. The topological polar surface area (TPSA) is 105 Å². The lowest BCUT2D eigenvalue weighted by Crippen LogP contribution is -2.55. The number of aryl methyl sites for hydroxylation is 1. The molecule has 1 aliphatic rings. The van der Waals surface area contributed by atoms with E-state index in [0.29, 0.717) is 5.75 Å². The third kappa shape index (κ3) is 8.81. The lowest BCUT2D eigenvalue weighted by Gasteiger charge is -2.35. The Kier molecular flexibility index (Phi) is 12.1. The summed E-state index contributed by atoms with van der Waals surface area (Å²) in [7, 11) is -1.54. The maximum atomic E-state index is 15.3. The summed E-state index contributed by atoms with van der Waals surface area (Å²) in [4.78, 5) is 30.3. The third-order valence-corrected chi connectivity index (χ3v) is 10.8. The van der Waals surface area contributed by atoms with Gasteiger partial charge in [-0.05, 0) is 55.7 Å². The first kappa shape index (κ1) is 36.4. The zero-order valence-corrected chi connectivity index (χ0v) is 29.5. The molecule has 0 bridgehead atoms. The van der Waals surface area contributed by atoms with Crippen LogP contribution in [-0.2, 0) is 32.6 Å². The number of anilines is 1. The number of amides is 2. The van der Waals surface area contributed by atoms with Gasteiger partial charge in [0, 0.05) is 30.6 Å². The molecule has 1 fully saturated rings. The number of methoxy groups -OCH3 is 2. The van der Waals surface area contributed by atoms with E-state index >= 15 is 4.39 Å². The van der Waals surface area contributed by atoms with Crippen molar-refractivity contribution in [1.29, 1.82) is 0 Å². The van der Waals surface area contributed by atoms with Crippen molar-refractivity contribution < 1.29 is 31.9 Å². The minimum Gasteiger partial charge on any atom is -0.497 e. The number of hydrogen-bond acceptors (Lipinski definition) is 6. The number of ether oxygens (including phenoxy) is 2. The van der Waals surface area contributed by atoms with Crippen molar-refractivity contribution in [2.75, 3.05) is 25.1 Å². The molecule has 1 atom stereocenters. The SMILES string of the molecule is COc1ccc(OC)c(N(CC(=O)N(Cc2ccccc2F)[C@@H](Cc2ccccc2)C(=O)NC2CCCCC2)S(=O)(=O)c2ccc(C)cc2)c1. The second-order valence-electron chi connectivity index (χ2n) is 12.5. The van der Waals surface area contributed by atoms with Gasteiger partial charge in [-0.3, -0.25) is 13.9 Å². The molecule has 1 saturated carbocycles. The molecule has 9 nitrogen and oxygen atoms in total. The fourth-order valence-corrected chi connectivity index (χ4v) is 7.67. The summed E-state index contributed by atoms with van der Waals surface area (Å²) in [6.07, 6.45) is 4.84. The Morgan fingerprint density at radius 3 is 2.22 bits per heavy atom. The molecule has 1 aliphatic carbocycles. The van der Waals surface area contributed by atoms with Crippen LogP contribution in [0.2, 0.25) is 0 Å². The molecular formula is C39H44FN3O6S. The van der Waals surface area contributed by atoms with Crippen LogP contribution in [0.1, 0.15) is 48.8 Å². The molecule has 1 N–H and O–H groups in total. The average Bonchev–Trinajstić information content (AvgIpc) is 3.13. The van der Waals surface area contributed by atoms with Gasteiger partial charge >= 0.3 is 0 Å². The van der Waals surface area contributed by atoms with Crippen molar-refractivity contribution in [2.45, 2.75) is 69.0 Å². The number of rotatable bonds is 14. The molecular weight excluding hydrogens is 658 g/mol. The molecule has 4 aromatic rings. The van der Waals surface area contributed by atoms with Crippen LogP contribution in [0, 0.1) is 12.7 Å². The highest BCUT2D eigenvalue weighted by atomic mass is 32.2. The first-order valence-corrected chi connectivity index (χ1v) is 18.2. The Labute approximate surface area is 294 Å². The zero-order chi connectivity index (χ0) is 35.7. The summed E-state index contributed by atoms with van der Waals surface area (Å²) in [5.74, 6) is -1.10. The number of hydrogen-bond donors (Lipinski definition) is 1. The maximum absolute atomic E-state index is 15.3. The molecule has 0 spiro atoms. The van der Waals surface area contributed by atoms with E-state index in [2.05, 4.69) is 5.32 Å². The fraction of sp³-hybridized carbons (Fsp3) is 0.333. The Bertz CT molecular complexity index is 1860. The highest BCUT2D eigenvalue weighted by Crippen LogP contribution is 2.36. The van der Waals surface area contributed by atoms with Gasteiger partial charge in [-0.25, -0.2) is 12.8 Å². The minimum atomic E-state index is -4.39. The number of halogens is 1. The molecule has 0 unspecified atom stereocenters. The second kappa shape index (κ2) is 16.7. The summed E-state index contributed by atoms with van der Waals surface area (Å²) in [6, 6.07) is 25.2. The van der Waals surface area contributed by atoms with Gasteiger partial charge in [-0.2, -0.15) is 0 Å². The van der Waals surface area contributed by atoms with E-state index in [1.807, 2.05) is 37.3 Å². The molecule has 2 amide bonds. The van der Waals surface area contributed by atoms with Crippen molar-refractivity contribution in [2.24, 2.45) is 0 Å². The molecule has 4 aromatic carbocycles. The number of nitrogens with one attached hydrogen (secondary N) is 1. The van der Waals surface area contributed by atoms with Gasteiger partial charge < -0.3 is 19.7 Å². The first-order valence-electron chi connectivity index (χ1n) is 16.8. The second-order valence-corrected chi connectivity index (χ2v) is 14.4. The van der Waals surface area contributed by atoms with Crippen LogP contribution in [0.4, 0.5) is 10.1 Å². The number of sulfonamides is 1. The summed E-state index contributed by atoms with van der Waals surface area (Å²) in [6.45, 7) is 0.861. The average molecular weight is 702 g/mol. The first-order chi connectivity index (χ1) is 24.1. The Morgan fingerprint density at radius 1 is 0.880 bits per heavy atom. The maximum Gasteiger partial charge on any atom is 0.264 e. The Balaban J connectivity index is 1.62. The van der Waals surface area contributed by atoms with E-state index in [0.717, 1.165) is 47.5 Å². The molecule has 264 valence electrons. The van der Waals surface area contributed by atoms with E-state index in [1.165, 1.54) is 43.4 Å². The normalized spacial score (nSPS) is 14.0. The van der Waals surface area contributed by atoms with Crippen LogP contribution in [0.15, 0.2) is 102 Å². The predicted molar refractivity (Wildman–Crippen MR) is 191 cm³/mol. The fourth-order valence-electron chi connectivity index (χ4n) is 6.25. The van der Waals surface area contributed by atoms with Crippen molar-refractivity contribution in [3.05, 3.63) is 120 Å². The summed E-state index contributed by atoms with van der Waals surface area (Å²) in [5, 5.41) is 3.16. The quantitative estimate of drug-likeness (QED) is 0.162. The molecule has 11 heteroatoms. The van der Waals surface area contributed by atoms with Gasteiger partial charge in [0.05, 0.1) is 24.8 Å². The van der Waals surface area contributed by atoms with Gasteiger partial charge in [0.2, 0.25) is 11.8 Å². The van der Waals surface area contributed by atoms with Crippen LogP contribution in [0.25, 0.3) is 0 Å². The Hall–Kier alpha value is -4.90. The van der Waals surface area contributed by atoms with E-state index in [9.17, 15) is 18.0 Å². The van der Waals surface area contributed by atoms with Crippen molar-refractivity contribution in [1.82, 2.24) is 10.2 Å². The van der Waals surface area contributed by atoms with E-state index in [1.54, 1.807) is 42.5 Å². The van der Waals surface area contributed by atoms with E-state index in [4.69, 9.17) is 9.47 Å². The van der Waals surface area contributed by atoms with E-state index < -0.39 is 34.3 Å². The molecule has 0 radical (unpaired) electrons. The smallest absolute Gasteiger partial charge is 0.264 e. The standard InChI is InChI=1S/C39H44FN3O6S/c1-28-18-21-33(22-19-28)50(46,47)43(35-25-32(48-2)20-23-37(35)49-3)27-38(44)42(26-30-14-10-11-17-34(30)40)36(24-29-12-6-4-7-13-29)39(45)41-31-15-8-5-9-16-31/h4,6-7,10-14,17-23,25,31,36H,5,8-9,15-16,24,26-27H2,1-3H3,(H,41,45)/t36-/m0/s1. The van der Waals surface area contributed by atoms with Gasteiger partial charge in [0.1, 0.15) is 29.9 Å². The van der Waals surface area contributed by atoms with Crippen LogP contribution in [0.5, 0.6) is 11.5 Å². The zero-order valence-electron chi connectivity index (χ0n) is 28.7. The molecule has 0 aliphatic heterocycles. The monoisotopic (exact) mass is 701 g/mol. The van der Waals surface area contributed by atoms with Crippen molar-refractivity contribution in [3.8, 4) is 11.5 Å². The van der Waals surface area contributed by atoms with Crippen molar-refractivity contribution >= 4 is 27.5 Å². The summed E-state index contributed by atoms with van der Waals surface area (Å²) in [5.41, 5.74) is 1.91. The van der Waals surface area contributed by atoms with Gasteiger partial charge in [-0.15, -0.1) is 0 Å². The predicted octanol–water partition coefficient (Wildman–Crippen LogP) is 6.44. The van der Waals surface area contributed by atoms with Crippen LogP contribution >= 0.6 is 0 Å². The Morgan fingerprint density at radius 2 is 1.56 bits per heavy atom. The molecule has 0 aromatic heterocycles. The number of carbonyl (C=O) groups excluding carboxylic acids is 2. The number of nitrogens with zero attached hydrogens (tertiary/aromatic N) is 2. The van der Waals surface area contributed by atoms with Crippen molar-refractivity contribution in [3.63, 3.8) is 0 Å². The van der Waals surface area contributed by atoms with Gasteiger partial charge in [0.25, 0.3) is 10.0 Å². The lowest BCUT2D eigenvalue weighted by molar-refractivity contribution is -0.140. The molecule has 0 saturated heterocycles. The highest BCUT2D eigenvalue weighted by molar-refractivity contribution is 7.92. The van der Waals surface area contributed by atoms with Crippen LogP contribution in [-0.4, -0.2) is 58.0 Å². The lowest BCUT2D eigenvalue weighted by atomic mass is 9.94. The molecule has 5 rings (SSSR count). The van der Waals surface area contributed by atoms with Crippen LogP contribution < -0.4 is 19.1 Å². The number of benzene rings is 4. The summed E-state index contributed by atoms with van der Waals surface area (Å²) < 4.78 is 56.1. The summed E-state index contributed by atoms with van der Waals surface area (Å²) >= 11 is 0. The van der Waals surface area contributed by atoms with Gasteiger partial charge in [0.15, 0.2) is 0 Å². The van der Waals surface area contributed by atoms with Crippen LogP contribution in [0.3, 0.4) is 0 Å². The molecule has 0 heterocycles. The van der Waals surface area contributed by atoms with Gasteiger partial charge in [-0.1, -0.05) is 85.5 Å². The minimum absolute atomic E-state index is 0.0442. The van der Waals surface area contributed by atoms with E-state index in [-0.39, 0.29) is 46.8 Å². The highest BCUT2D eigenvalue weighted by Gasteiger charge is 2.36. The third-order valence-electron chi connectivity index (χ3n) is 9.06. The molecule has 50 heavy (non-hydrogen) atoms. The number of carbonyl (C=O) groups is 2.